The largest absolute Gasteiger partial charge is 0.399 e. The number of thiophene rings is 1. The highest BCUT2D eigenvalue weighted by atomic mass is 32.2. The zero-order valence-electron chi connectivity index (χ0n) is 10.2. The first-order valence-corrected chi connectivity index (χ1v) is 7.62. The molecular weight excluding hydrogens is 297 g/mol. The molecule has 1 aromatic carbocycles. The molecule has 0 unspecified atom stereocenters. The van der Waals surface area contributed by atoms with E-state index in [2.05, 4.69) is 10.1 Å². The van der Waals surface area contributed by atoms with Crippen LogP contribution in [0.4, 0.5) is 10.1 Å². The van der Waals surface area contributed by atoms with E-state index in [1.54, 1.807) is 6.07 Å². The number of nitrogen functional groups attached to an aromatic ring is 1. The molecule has 2 heterocycles. The number of aromatic nitrogens is 2. The maximum atomic E-state index is 13.2. The Labute approximate surface area is 122 Å². The Morgan fingerprint density at radius 1 is 1.35 bits per heavy atom. The first-order valence-electron chi connectivity index (χ1n) is 5.76. The fourth-order valence-corrected chi connectivity index (χ4v) is 3.10. The van der Waals surface area contributed by atoms with E-state index >= 15 is 0 Å². The molecule has 7 heteroatoms. The second-order valence-electron chi connectivity index (χ2n) is 4.00. The number of hydrogen-bond donors (Lipinski definition) is 1. The minimum absolute atomic E-state index is 0.347. The predicted molar refractivity (Wildman–Crippen MR) is 78.0 cm³/mol. The normalized spacial score (nSPS) is 10.8. The molecule has 0 atom stereocenters. The lowest BCUT2D eigenvalue weighted by Gasteiger charge is -2.00. The smallest absolute Gasteiger partial charge is 0.268 e. The quantitative estimate of drug-likeness (QED) is 0.586. The van der Waals surface area contributed by atoms with Gasteiger partial charge in [0.2, 0.25) is 0 Å². The van der Waals surface area contributed by atoms with E-state index in [1.807, 2.05) is 17.5 Å². The zero-order chi connectivity index (χ0) is 13.9. The standard InChI is InChI=1S/C13H10FN3OS2/c14-8-4-9(15)6-10(5-8)20-7-12-16-13(18-17-12)11-2-1-3-19-11/h1-6H,7,15H2. The molecule has 2 N–H and O–H groups in total. The maximum absolute atomic E-state index is 13.2. The Hall–Kier alpha value is -1.86. The number of anilines is 1. The van der Waals surface area contributed by atoms with E-state index in [-0.39, 0.29) is 5.82 Å². The van der Waals surface area contributed by atoms with Gasteiger partial charge in [-0.25, -0.2) is 4.39 Å². The third kappa shape index (κ3) is 3.00. The lowest BCUT2D eigenvalue weighted by atomic mass is 10.3. The summed E-state index contributed by atoms with van der Waals surface area (Å²) < 4.78 is 18.4. The van der Waals surface area contributed by atoms with Gasteiger partial charge in [-0.3, -0.25) is 0 Å². The van der Waals surface area contributed by atoms with Crippen LogP contribution in [0.3, 0.4) is 0 Å². The molecule has 0 radical (unpaired) electrons. The molecule has 0 saturated carbocycles. The van der Waals surface area contributed by atoms with Gasteiger partial charge in [-0.2, -0.15) is 4.98 Å². The van der Waals surface area contributed by atoms with Gasteiger partial charge < -0.3 is 10.3 Å². The molecule has 0 aliphatic heterocycles. The molecule has 3 rings (SSSR count). The van der Waals surface area contributed by atoms with Gasteiger partial charge in [0.05, 0.1) is 10.6 Å². The van der Waals surface area contributed by atoms with Gasteiger partial charge in [0, 0.05) is 10.6 Å². The molecule has 0 fully saturated rings. The fourth-order valence-electron chi connectivity index (χ4n) is 1.63. The molecular formula is C13H10FN3OS2. The summed E-state index contributed by atoms with van der Waals surface area (Å²) in [6.07, 6.45) is 0. The van der Waals surface area contributed by atoms with Crippen molar-refractivity contribution >= 4 is 28.8 Å². The van der Waals surface area contributed by atoms with Crippen LogP contribution in [0.25, 0.3) is 10.8 Å². The number of nitrogens with two attached hydrogens (primary N) is 1. The maximum Gasteiger partial charge on any atom is 0.268 e. The number of hydrogen-bond acceptors (Lipinski definition) is 6. The molecule has 0 bridgehead atoms. The van der Waals surface area contributed by atoms with Crippen molar-refractivity contribution in [2.75, 3.05) is 5.73 Å². The van der Waals surface area contributed by atoms with E-state index < -0.39 is 0 Å². The van der Waals surface area contributed by atoms with Gasteiger partial charge in [-0.1, -0.05) is 11.2 Å². The number of nitrogens with zero attached hydrogens (tertiary/aromatic N) is 2. The fraction of sp³-hybridized carbons (Fsp3) is 0.0769. The number of thioether (sulfide) groups is 1. The van der Waals surface area contributed by atoms with Gasteiger partial charge in [0.1, 0.15) is 5.82 Å². The van der Waals surface area contributed by atoms with Crippen molar-refractivity contribution in [1.82, 2.24) is 10.1 Å². The summed E-state index contributed by atoms with van der Waals surface area (Å²) in [6.45, 7) is 0. The van der Waals surface area contributed by atoms with Crippen molar-refractivity contribution in [3.05, 3.63) is 47.4 Å². The average Bonchev–Trinajstić information content (AvgIpc) is 3.06. The molecule has 102 valence electrons. The summed E-state index contributed by atoms with van der Waals surface area (Å²) >= 11 is 2.95. The Balaban J connectivity index is 1.69. The van der Waals surface area contributed by atoms with E-state index in [0.29, 0.717) is 23.2 Å². The van der Waals surface area contributed by atoms with Crippen LogP contribution in [0.5, 0.6) is 0 Å². The third-order valence-corrected chi connectivity index (χ3v) is 4.29. The highest BCUT2D eigenvalue weighted by Crippen LogP contribution is 2.27. The predicted octanol–water partition coefficient (Wildman–Crippen LogP) is 3.81. The Morgan fingerprint density at radius 3 is 3.00 bits per heavy atom. The topological polar surface area (TPSA) is 64.9 Å². The Kier molecular flexibility index (Phi) is 3.70. The van der Waals surface area contributed by atoms with E-state index in [1.165, 1.54) is 35.2 Å². The van der Waals surface area contributed by atoms with Crippen molar-refractivity contribution in [2.24, 2.45) is 0 Å². The number of halogens is 1. The first kappa shape index (κ1) is 13.1. The van der Waals surface area contributed by atoms with Crippen molar-refractivity contribution in [3.8, 4) is 10.8 Å². The molecule has 3 aromatic rings. The highest BCUT2D eigenvalue weighted by molar-refractivity contribution is 7.98. The second-order valence-corrected chi connectivity index (χ2v) is 6.00. The van der Waals surface area contributed by atoms with Crippen LogP contribution in [0, 0.1) is 5.82 Å². The van der Waals surface area contributed by atoms with Gasteiger partial charge in [0.15, 0.2) is 5.82 Å². The molecule has 0 saturated heterocycles. The van der Waals surface area contributed by atoms with E-state index in [9.17, 15) is 4.39 Å². The molecule has 0 spiro atoms. The van der Waals surface area contributed by atoms with Crippen molar-refractivity contribution in [2.45, 2.75) is 10.6 Å². The number of benzene rings is 1. The van der Waals surface area contributed by atoms with Crippen LogP contribution in [-0.4, -0.2) is 10.1 Å². The van der Waals surface area contributed by atoms with Crippen LogP contribution < -0.4 is 5.73 Å². The molecule has 0 aliphatic carbocycles. The van der Waals surface area contributed by atoms with Gasteiger partial charge in [-0.05, 0) is 29.6 Å². The van der Waals surface area contributed by atoms with Gasteiger partial charge in [-0.15, -0.1) is 23.1 Å². The summed E-state index contributed by atoms with van der Waals surface area (Å²) in [5.74, 6) is 1.23. The molecule has 20 heavy (non-hydrogen) atoms. The van der Waals surface area contributed by atoms with Crippen LogP contribution >= 0.6 is 23.1 Å². The summed E-state index contributed by atoms with van der Waals surface area (Å²) in [7, 11) is 0. The van der Waals surface area contributed by atoms with Crippen LogP contribution in [0.15, 0.2) is 45.1 Å². The second kappa shape index (κ2) is 5.64. The minimum Gasteiger partial charge on any atom is -0.399 e. The summed E-state index contributed by atoms with van der Waals surface area (Å²) in [5, 5.41) is 5.85. The molecule has 0 amide bonds. The van der Waals surface area contributed by atoms with Crippen molar-refractivity contribution < 1.29 is 8.91 Å². The Bertz CT molecular complexity index is 692. The van der Waals surface area contributed by atoms with E-state index in [0.717, 1.165) is 9.77 Å². The molecule has 2 aromatic heterocycles. The molecule has 0 aliphatic rings. The lowest BCUT2D eigenvalue weighted by molar-refractivity contribution is 0.426. The zero-order valence-corrected chi connectivity index (χ0v) is 11.9. The first-order chi connectivity index (χ1) is 9.70. The Morgan fingerprint density at radius 2 is 2.25 bits per heavy atom. The SMILES string of the molecule is Nc1cc(F)cc(SCc2noc(-c3cccs3)n2)c1. The monoisotopic (exact) mass is 307 g/mol. The lowest BCUT2D eigenvalue weighted by Crippen LogP contribution is -1.88. The van der Waals surface area contributed by atoms with E-state index in [4.69, 9.17) is 10.3 Å². The molecule has 4 nitrogen and oxygen atoms in total. The number of rotatable bonds is 4. The minimum atomic E-state index is -0.347. The summed E-state index contributed by atoms with van der Waals surface area (Å²) in [6, 6.07) is 8.28. The van der Waals surface area contributed by atoms with Crippen LogP contribution in [0.2, 0.25) is 0 Å². The summed E-state index contributed by atoms with van der Waals surface area (Å²) in [5.41, 5.74) is 6.00. The highest BCUT2D eigenvalue weighted by Gasteiger charge is 2.10. The summed E-state index contributed by atoms with van der Waals surface area (Å²) in [4.78, 5) is 5.97. The van der Waals surface area contributed by atoms with Gasteiger partial charge in [0.25, 0.3) is 5.89 Å². The van der Waals surface area contributed by atoms with Crippen LogP contribution in [0.1, 0.15) is 5.82 Å². The van der Waals surface area contributed by atoms with Gasteiger partial charge >= 0.3 is 0 Å². The van der Waals surface area contributed by atoms with Crippen molar-refractivity contribution in [1.29, 1.82) is 0 Å². The van der Waals surface area contributed by atoms with Crippen molar-refractivity contribution in [3.63, 3.8) is 0 Å². The van der Waals surface area contributed by atoms with Crippen LogP contribution in [-0.2, 0) is 5.75 Å². The average molecular weight is 307 g/mol. The third-order valence-electron chi connectivity index (χ3n) is 2.46.